The number of rotatable bonds is 4. The molecule has 0 radical (unpaired) electrons. The zero-order valence-electron chi connectivity index (χ0n) is 11.9. The van der Waals surface area contributed by atoms with Crippen molar-refractivity contribution < 1.29 is 18.0 Å². The Morgan fingerprint density at radius 3 is 2.81 bits per heavy atom. The summed E-state index contributed by atoms with van der Waals surface area (Å²) in [7, 11) is 0. The summed E-state index contributed by atoms with van der Waals surface area (Å²) in [6.45, 7) is 2.64. The van der Waals surface area contributed by atoms with Gasteiger partial charge in [-0.1, -0.05) is 19.1 Å². The number of alkyl halides is 3. The van der Waals surface area contributed by atoms with E-state index in [1.54, 1.807) is 6.07 Å². The molecule has 2 N–H and O–H groups in total. The van der Waals surface area contributed by atoms with E-state index in [1.165, 1.54) is 12.1 Å². The van der Waals surface area contributed by atoms with Crippen molar-refractivity contribution in [1.29, 1.82) is 0 Å². The van der Waals surface area contributed by atoms with E-state index in [9.17, 15) is 18.0 Å². The molecule has 1 atom stereocenters. The average Bonchev–Trinajstić information content (AvgIpc) is 2.60. The maximum Gasteiger partial charge on any atom is 0.407 e. The van der Waals surface area contributed by atoms with E-state index in [1.807, 2.05) is 6.92 Å². The molecule has 1 heterocycles. The first-order chi connectivity index (χ1) is 9.93. The maximum atomic E-state index is 13.2. The Kier molecular flexibility index (Phi) is 4.88. The average molecular weight is 300 g/mol. The summed E-state index contributed by atoms with van der Waals surface area (Å²) in [5.74, 6) is -0.291. The van der Waals surface area contributed by atoms with Crippen LogP contribution < -0.4 is 10.6 Å². The van der Waals surface area contributed by atoms with Crippen LogP contribution in [0.5, 0.6) is 0 Å². The van der Waals surface area contributed by atoms with E-state index < -0.39 is 12.2 Å². The summed E-state index contributed by atoms with van der Waals surface area (Å²) in [6, 6.07) is 2.75. The van der Waals surface area contributed by atoms with Crippen LogP contribution in [-0.4, -0.2) is 25.2 Å². The van der Waals surface area contributed by atoms with Crippen molar-refractivity contribution in [3.63, 3.8) is 0 Å². The molecule has 0 aromatic heterocycles. The molecule has 21 heavy (non-hydrogen) atoms. The minimum Gasteiger partial charge on any atom is -0.352 e. The summed E-state index contributed by atoms with van der Waals surface area (Å²) in [5, 5.41) is 5.21. The number of carbonyl (C=O) groups is 1. The van der Waals surface area contributed by atoms with Gasteiger partial charge in [-0.3, -0.25) is 4.79 Å². The van der Waals surface area contributed by atoms with Crippen LogP contribution in [0.3, 0.4) is 0 Å². The number of carbonyl (C=O) groups excluding carboxylic acids is 1. The van der Waals surface area contributed by atoms with E-state index in [4.69, 9.17) is 0 Å². The van der Waals surface area contributed by atoms with Crippen molar-refractivity contribution in [2.45, 2.75) is 38.4 Å². The molecule has 2 rings (SSSR count). The molecular formula is C15H19F3N2O. The fourth-order valence-electron chi connectivity index (χ4n) is 2.49. The van der Waals surface area contributed by atoms with E-state index in [-0.39, 0.29) is 18.0 Å². The lowest BCUT2D eigenvalue weighted by molar-refractivity contribution is -0.157. The second kappa shape index (κ2) is 6.47. The number of hydrogen-bond donors (Lipinski definition) is 2. The van der Waals surface area contributed by atoms with E-state index in [0.29, 0.717) is 24.9 Å². The molecule has 1 aliphatic rings. The van der Waals surface area contributed by atoms with Gasteiger partial charge in [-0.25, -0.2) is 0 Å². The molecule has 3 nitrogen and oxygen atoms in total. The fraction of sp³-hybridized carbons (Fsp3) is 0.533. The maximum absolute atomic E-state index is 13.2. The summed E-state index contributed by atoms with van der Waals surface area (Å²) in [5.41, 5.74) is 1.26. The minimum atomic E-state index is -4.38. The van der Waals surface area contributed by atoms with Crippen LogP contribution in [0.1, 0.15) is 47.3 Å². The van der Waals surface area contributed by atoms with Crippen molar-refractivity contribution in [1.82, 2.24) is 10.6 Å². The third kappa shape index (κ3) is 3.75. The highest BCUT2D eigenvalue weighted by atomic mass is 19.4. The Morgan fingerprint density at radius 1 is 1.38 bits per heavy atom. The van der Waals surface area contributed by atoms with Gasteiger partial charge in [0.1, 0.15) is 6.04 Å². The highest BCUT2D eigenvalue weighted by Gasteiger charge is 2.40. The molecule has 0 saturated heterocycles. The first-order valence-corrected chi connectivity index (χ1v) is 7.14. The monoisotopic (exact) mass is 300 g/mol. The van der Waals surface area contributed by atoms with Crippen LogP contribution in [0, 0.1) is 0 Å². The first-order valence-electron chi connectivity index (χ1n) is 7.14. The van der Waals surface area contributed by atoms with Gasteiger partial charge in [-0.05, 0) is 43.0 Å². The summed E-state index contributed by atoms with van der Waals surface area (Å²) < 4.78 is 39.5. The smallest absolute Gasteiger partial charge is 0.352 e. The first kappa shape index (κ1) is 15.8. The summed E-state index contributed by atoms with van der Waals surface area (Å²) >= 11 is 0. The Morgan fingerprint density at radius 2 is 2.14 bits per heavy atom. The number of aryl methyl sites for hydroxylation is 1. The molecule has 116 valence electrons. The fourth-order valence-corrected chi connectivity index (χ4v) is 2.49. The highest BCUT2D eigenvalue weighted by molar-refractivity contribution is 5.96. The van der Waals surface area contributed by atoms with Gasteiger partial charge in [-0.2, -0.15) is 13.2 Å². The molecule has 0 spiro atoms. The van der Waals surface area contributed by atoms with Gasteiger partial charge in [0.15, 0.2) is 0 Å². The van der Waals surface area contributed by atoms with Crippen LogP contribution in [0.4, 0.5) is 13.2 Å². The Labute approximate surface area is 121 Å². The van der Waals surface area contributed by atoms with E-state index >= 15 is 0 Å². The number of amides is 1. The second-order valence-corrected chi connectivity index (χ2v) is 5.20. The quantitative estimate of drug-likeness (QED) is 0.897. The standard InChI is InChI=1S/C15H19F3N2O/c1-2-7-19-13(15(16,17)18)11-6-5-10-4-3-8-20-14(21)12(10)9-11/h5-6,9,13,19H,2-4,7-8H2,1H3,(H,20,21). The lowest BCUT2D eigenvalue weighted by atomic mass is 9.97. The molecule has 1 unspecified atom stereocenters. The van der Waals surface area contributed by atoms with Crippen LogP contribution in [-0.2, 0) is 6.42 Å². The molecule has 6 heteroatoms. The molecule has 1 aromatic rings. The topological polar surface area (TPSA) is 41.1 Å². The zero-order chi connectivity index (χ0) is 15.5. The van der Waals surface area contributed by atoms with Crippen molar-refractivity contribution in [2.24, 2.45) is 0 Å². The lowest BCUT2D eigenvalue weighted by Crippen LogP contribution is -2.35. The van der Waals surface area contributed by atoms with Crippen LogP contribution in [0.2, 0.25) is 0 Å². The number of fused-ring (bicyclic) bond motifs is 1. The number of hydrogen-bond acceptors (Lipinski definition) is 2. The summed E-state index contributed by atoms with van der Waals surface area (Å²) in [4.78, 5) is 11.9. The van der Waals surface area contributed by atoms with Crippen LogP contribution in [0.25, 0.3) is 0 Å². The molecule has 0 bridgehead atoms. The number of nitrogens with one attached hydrogen (secondary N) is 2. The largest absolute Gasteiger partial charge is 0.407 e. The molecule has 1 amide bonds. The van der Waals surface area contributed by atoms with Crippen molar-refractivity contribution >= 4 is 5.91 Å². The van der Waals surface area contributed by atoms with Gasteiger partial charge in [-0.15, -0.1) is 0 Å². The van der Waals surface area contributed by atoms with Crippen molar-refractivity contribution in [3.8, 4) is 0 Å². The minimum absolute atomic E-state index is 0.0896. The molecule has 1 aromatic carbocycles. The Balaban J connectivity index is 2.36. The SMILES string of the molecule is CCCNC(c1ccc2c(c1)C(=O)NCCC2)C(F)(F)F. The van der Waals surface area contributed by atoms with Gasteiger partial charge < -0.3 is 10.6 Å². The highest BCUT2D eigenvalue weighted by Crippen LogP contribution is 2.33. The molecular weight excluding hydrogens is 281 g/mol. The molecule has 0 saturated carbocycles. The zero-order valence-corrected chi connectivity index (χ0v) is 11.9. The second-order valence-electron chi connectivity index (χ2n) is 5.20. The van der Waals surface area contributed by atoms with E-state index in [0.717, 1.165) is 12.0 Å². The third-order valence-corrected chi connectivity index (χ3v) is 3.55. The van der Waals surface area contributed by atoms with Crippen molar-refractivity contribution in [2.75, 3.05) is 13.1 Å². The van der Waals surface area contributed by atoms with Gasteiger partial charge >= 0.3 is 6.18 Å². The summed E-state index contributed by atoms with van der Waals surface area (Å²) in [6.07, 6.45) is -2.27. The molecule has 0 fully saturated rings. The van der Waals surface area contributed by atoms with Gasteiger partial charge in [0, 0.05) is 12.1 Å². The normalized spacial score (nSPS) is 16.9. The van der Waals surface area contributed by atoms with Gasteiger partial charge in [0.25, 0.3) is 5.91 Å². The predicted octanol–water partition coefficient (Wildman–Crippen LogP) is 2.97. The molecule has 1 aliphatic heterocycles. The predicted molar refractivity (Wildman–Crippen MR) is 74.2 cm³/mol. The Hall–Kier alpha value is -1.56. The van der Waals surface area contributed by atoms with Crippen LogP contribution in [0.15, 0.2) is 18.2 Å². The number of halogens is 3. The van der Waals surface area contributed by atoms with Gasteiger partial charge in [0.2, 0.25) is 0 Å². The Bertz CT molecular complexity index is 514. The molecule has 0 aliphatic carbocycles. The van der Waals surface area contributed by atoms with E-state index in [2.05, 4.69) is 10.6 Å². The number of benzene rings is 1. The van der Waals surface area contributed by atoms with Crippen LogP contribution >= 0.6 is 0 Å². The third-order valence-electron chi connectivity index (χ3n) is 3.55. The van der Waals surface area contributed by atoms with Gasteiger partial charge in [0.05, 0.1) is 0 Å². The van der Waals surface area contributed by atoms with Crippen molar-refractivity contribution in [3.05, 3.63) is 34.9 Å². The lowest BCUT2D eigenvalue weighted by Gasteiger charge is -2.23.